The summed E-state index contributed by atoms with van der Waals surface area (Å²) in [7, 11) is 0. The molecule has 9 heteroatoms. The summed E-state index contributed by atoms with van der Waals surface area (Å²) < 4.78 is 92.7. The molecule has 2 amide bonds. The van der Waals surface area contributed by atoms with E-state index in [1.807, 2.05) is 0 Å². The Balaban J connectivity index is 1.56. The van der Waals surface area contributed by atoms with Gasteiger partial charge in [-0.2, -0.15) is 13.2 Å². The van der Waals surface area contributed by atoms with Crippen LogP contribution in [0.2, 0.25) is 0 Å². The number of halogens is 5. The summed E-state index contributed by atoms with van der Waals surface area (Å²) in [5.41, 5.74) is -2.83. The molecular weight excluding hydrogens is 503 g/mol. The van der Waals surface area contributed by atoms with Gasteiger partial charge in [-0.05, 0) is 79.8 Å². The SMILES string of the molecule is [2H]C([2H])([2H])N1C(=O)CCC[C@H]1C(=O)N1CC[C@@]2(Cc3ccc(F)cc3)c3ccc(C(C)(F)C(F)(F)F)cc3CC[C@@H]12. The van der Waals surface area contributed by atoms with E-state index in [0.717, 1.165) is 11.6 Å². The first kappa shape index (κ1) is 23.0. The van der Waals surface area contributed by atoms with Crippen molar-refractivity contribution in [2.45, 2.75) is 81.2 Å². The predicted octanol–water partition coefficient (Wildman–Crippen LogP) is 5.61. The van der Waals surface area contributed by atoms with Crippen molar-refractivity contribution in [1.82, 2.24) is 9.80 Å². The van der Waals surface area contributed by atoms with E-state index in [1.54, 1.807) is 17.0 Å². The molecule has 1 aliphatic carbocycles. The molecule has 1 unspecified atom stereocenters. The second-order valence-electron chi connectivity index (χ2n) is 10.8. The third kappa shape index (κ3) is 4.28. The number of nitrogens with zero attached hydrogens (tertiary/aromatic N) is 2. The average molecular weight is 538 g/mol. The number of piperidine rings is 1. The topological polar surface area (TPSA) is 40.6 Å². The zero-order chi connectivity index (χ0) is 30.0. The zero-order valence-electron chi connectivity index (χ0n) is 24.0. The molecular formula is C29H31F5N2O2. The van der Waals surface area contributed by atoms with E-state index >= 15 is 0 Å². The lowest BCUT2D eigenvalue weighted by Crippen LogP contribution is -2.55. The quantitative estimate of drug-likeness (QED) is 0.476. The first-order valence-corrected chi connectivity index (χ1v) is 12.8. The number of amides is 2. The summed E-state index contributed by atoms with van der Waals surface area (Å²) in [6.07, 6.45) is -3.08. The van der Waals surface area contributed by atoms with Crippen LogP contribution in [0.3, 0.4) is 0 Å². The molecule has 5 rings (SSSR count). The van der Waals surface area contributed by atoms with Crippen molar-refractivity contribution in [2.24, 2.45) is 0 Å². The molecule has 2 aromatic rings. The van der Waals surface area contributed by atoms with Crippen LogP contribution in [0.15, 0.2) is 42.5 Å². The zero-order valence-corrected chi connectivity index (χ0v) is 21.0. The first-order chi connectivity index (χ1) is 19.1. The lowest BCUT2D eigenvalue weighted by Gasteiger charge is -2.45. The number of alkyl halides is 4. The molecule has 0 spiro atoms. The number of aryl methyl sites for hydroxylation is 1. The number of benzene rings is 2. The Hall–Kier alpha value is -2.97. The van der Waals surface area contributed by atoms with E-state index in [0.29, 0.717) is 48.6 Å². The summed E-state index contributed by atoms with van der Waals surface area (Å²) in [6, 6.07) is 8.17. The van der Waals surface area contributed by atoms with Gasteiger partial charge < -0.3 is 9.80 Å². The molecule has 38 heavy (non-hydrogen) atoms. The summed E-state index contributed by atoms with van der Waals surface area (Å²) in [5, 5.41) is 0. The lowest BCUT2D eigenvalue weighted by atomic mass is 9.63. The van der Waals surface area contributed by atoms with Crippen LogP contribution in [-0.4, -0.2) is 53.4 Å². The van der Waals surface area contributed by atoms with E-state index in [1.165, 1.54) is 24.3 Å². The Labute approximate surface area is 223 Å². The largest absolute Gasteiger partial charge is 0.426 e. The van der Waals surface area contributed by atoms with Gasteiger partial charge in [0.15, 0.2) is 0 Å². The molecule has 4 atom stereocenters. The van der Waals surface area contributed by atoms with Crippen molar-refractivity contribution < 1.29 is 35.7 Å². The molecule has 0 saturated carbocycles. The van der Waals surface area contributed by atoms with Gasteiger partial charge in [0.25, 0.3) is 0 Å². The Morgan fingerprint density at radius 1 is 1.11 bits per heavy atom. The molecule has 0 N–H and O–H groups in total. The molecule has 2 saturated heterocycles. The van der Waals surface area contributed by atoms with E-state index in [4.69, 9.17) is 4.11 Å². The fraction of sp³-hybridized carbons (Fsp3) is 0.517. The summed E-state index contributed by atoms with van der Waals surface area (Å²) in [5.74, 6) is -1.50. The minimum atomic E-state index is -5.10. The van der Waals surface area contributed by atoms with E-state index in [2.05, 4.69) is 0 Å². The van der Waals surface area contributed by atoms with Gasteiger partial charge in [-0.1, -0.05) is 30.3 Å². The third-order valence-corrected chi connectivity index (χ3v) is 8.67. The minimum absolute atomic E-state index is 0.0429. The van der Waals surface area contributed by atoms with Gasteiger partial charge in [-0.3, -0.25) is 9.59 Å². The lowest BCUT2D eigenvalue weighted by molar-refractivity contribution is -0.228. The Morgan fingerprint density at radius 3 is 2.53 bits per heavy atom. The van der Waals surface area contributed by atoms with Gasteiger partial charge in [0.2, 0.25) is 17.5 Å². The maximum atomic E-state index is 14.9. The van der Waals surface area contributed by atoms with Crippen LogP contribution in [0.5, 0.6) is 0 Å². The van der Waals surface area contributed by atoms with E-state index < -0.39 is 59.5 Å². The monoisotopic (exact) mass is 537 g/mol. The number of hydrogen-bond donors (Lipinski definition) is 0. The van der Waals surface area contributed by atoms with Crippen LogP contribution < -0.4 is 0 Å². The molecule has 2 fully saturated rings. The molecule has 3 aliphatic rings. The standard InChI is InChI=1S/C29H31F5N2O2/c1-27(31,29(32,33)34)20-9-12-22-19(16-20)8-13-24-28(22,17-18-6-10-21(30)11-7-18)14-15-36(24)26(38)23-4-3-5-25(37)35(23)2/h6-7,9-12,16,23-24H,3-5,8,13-15,17H2,1-2H3/t23-,24+,27?,28+/m0/s1/i2D3. The van der Waals surface area contributed by atoms with Crippen molar-refractivity contribution in [2.75, 3.05) is 13.5 Å². The second-order valence-corrected chi connectivity index (χ2v) is 10.8. The fourth-order valence-corrected chi connectivity index (χ4v) is 6.55. The summed E-state index contributed by atoms with van der Waals surface area (Å²) in [6.45, 7) is -2.04. The Morgan fingerprint density at radius 2 is 1.84 bits per heavy atom. The number of hydrogen-bond acceptors (Lipinski definition) is 2. The van der Waals surface area contributed by atoms with E-state index in [9.17, 15) is 31.5 Å². The number of likely N-dealkylation sites (tertiary alicyclic amines) is 2. The molecule has 2 heterocycles. The van der Waals surface area contributed by atoms with Crippen molar-refractivity contribution in [3.63, 3.8) is 0 Å². The second kappa shape index (κ2) is 9.35. The van der Waals surface area contributed by atoms with Gasteiger partial charge in [-0.15, -0.1) is 0 Å². The number of likely N-dealkylation sites (N-methyl/N-ethyl adjacent to an activating group) is 1. The molecule has 4 nitrogen and oxygen atoms in total. The third-order valence-electron chi connectivity index (χ3n) is 8.67. The number of rotatable bonds is 4. The highest BCUT2D eigenvalue weighted by atomic mass is 19.4. The average Bonchev–Trinajstić information content (AvgIpc) is 3.27. The maximum Gasteiger partial charge on any atom is 0.426 e. The Kier molecular flexibility index (Phi) is 5.65. The molecule has 204 valence electrons. The highest BCUT2D eigenvalue weighted by Gasteiger charge is 2.56. The molecule has 0 bridgehead atoms. The van der Waals surface area contributed by atoms with Crippen LogP contribution in [0, 0.1) is 5.82 Å². The van der Waals surface area contributed by atoms with Crippen molar-refractivity contribution >= 4 is 11.8 Å². The predicted molar refractivity (Wildman–Crippen MR) is 132 cm³/mol. The maximum absolute atomic E-state index is 14.9. The highest BCUT2D eigenvalue weighted by molar-refractivity contribution is 5.89. The smallest absolute Gasteiger partial charge is 0.337 e. The molecule has 2 aliphatic heterocycles. The molecule has 2 aromatic carbocycles. The van der Waals surface area contributed by atoms with Gasteiger partial charge in [0, 0.05) is 35.5 Å². The van der Waals surface area contributed by atoms with Gasteiger partial charge in [-0.25, -0.2) is 8.78 Å². The fourth-order valence-electron chi connectivity index (χ4n) is 6.55. The van der Waals surface area contributed by atoms with Crippen LogP contribution in [-0.2, 0) is 33.5 Å². The van der Waals surface area contributed by atoms with Crippen LogP contribution in [0.25, 0.3) is 0 Å². The van der Waals surface area contributed by atoms with Crippen LogP contribution in [0.4, 0.5) is 22.0 Å². The van der Waals surface area contributed by atoms with Crippen LogP contribution in [0.1, 0.15) is 65.4 Å². The Bertz CT molecular complexity index is 1350. The van der Waals surface area contributed by atoms with Crippen molar-refractivity contribution in [3.05, 3.63) is 70.5 Å². The summed E-state index contributed by atoms with van der Waals surface area (Å²) in [4.78, 5) is 28.9. The van der Waals surface area contributed by atoms with E-state index in [-0.39, 0.29) is 25.8 Å². The summed E-state index contributed by atoms with van der Waals surface area (Å²) >= 11 is 0. The molecule has 0 radical (unpaired) electrons. The first-order valence-electron chi connectivity index (χ1n) is 14.3. The minimum Gasteiger partial charge on any atom is -0.337 e. The number of carbonyl (C=O) groups excluding carboxylic acids is 2. The van der Waals surface area contributed by atoms with Crippen molar-refractivity contribution in [1.29, 1.82) is 0 Å². The van der Waals surface area contributed by atoms with Crippen molar-refractivity contribution in [3.8, 4) is 0 Å². The normalized spacial score (nSPS) is 28.6. The van der Waals surface area contributed by atoms with Gasteiger partial charge in [0.05, 0.1) is 0 Å². The molecule has 0 aromatic heterocycles. The number of fused-ring (bicyclic) bond motifs is 3. The van der Waals surface area contributed by atoms with Gasteiger partial charge in [0.1, 0.15) is 11.9 Å². The van der Waals surface area contributed by atoms with Crippen LogP contribution >= 0.6 is 0 Å². The van der Waals surface area contributed by atoms with Gasteiger partial charge >= 0.3 is 6.18 Å². The highest BCUT2D eigenvalue weighted by Crippen LogP contribution is 2.51. The number of carbonyl (C=O) groups is 2.